The van der Waals surface area contributed by atoms with Crippen LogP contribution in [0.4, 0.5) is 10.6 Å². The van der Waals surface area contributed by atoms with Crippen molar-refractivity contribution in [3.05, 3.63) is 40.1 Å². The lowest BCUT2D eigenvalue weighted by molar-refractivity contribution is 0.145. The van der Waals surface area contributed by atoms with Gasteiger partial charge in [-0.1, -0.05) is 38.8 Å². The molecule has 162 valence electrons. The number of aromatic nitrogens is 2. The minimum atomic E-state index is -0.707. The first kappa shape index (κ1) is 21.8. The molecule has 1 aliphatic rings. The van der Waals surface area contributed by atoms with Gasteiger partial charge >= 0.3 is 6.09 Å². The van der Waals surface area contributed by atoms with Gasteiger partial charge in [0, 0.05) is 31.6 Å². The monoisotopic (exact) mass is 413 g/mol. The second-order valence-electron chi connectivity index (χ2n) is 7.99. The third-order valence-electron chi connectivity index (χ3n) is 5.07. The van der Waals surface area contributed by atoms with Gasteiger partial charge in [-0.3, -0.25) is 9.63 Å². The zero-order valence-corrected chi connectivity index (χ0v) is 18.1. The molecule has 8 nitrogen and oxygen atoms in total. The van der Waals surface area contributed by atoms with Crippen molar-refractivity contribution in [1.82, 2.24) is 14.9 Å². The second kappa shape index (κ2) is 10.2. The third-order valence-corrected chi connectivity index (χ3v) is 5.07. The predicted octanol–water partition coefficient (Wildman–Crippen LogP) is 2.99. The zero-order valence-electron chi connectivity index (χ0n) is 18.1. The molecule has 0 radical (unpaired) electrons. The molecule has 1 amide bonds. The highest BCUT2D eigenvalue weighted by Gasteiger charge is 2.17. The lowest BCUT2D eigenvalue weighted by atomic mass is 10.2. The molecule has 0 spiro atoms. The van der Waals surface area contributed by atoms with E-state index in [1.807, 2.05) is 24.3 Å². The molecule has 2 aromatic rings. The first-order valence-corrected chi connectivity index (χ1v) is 10.8. The van der Waals surface area contributed by atoms with E-state index in [0.29, 0.717) is 18.9 Å². The minimum Gasteiger partial charge on any atom is -0.356 e. The first-order valence-electron chi connectivity index (χ1n) is 10.8. The fourth-order valence-corrected chi connectivity index (χ4v) is 3.73. The summed E-state index contributed by atoms with van der Waals surface area (Å²) in [4.78, 5) is 36.9. The molecule has 0 atom stereocenters. The standard InChI is InChI=1S/C22H31N5O3/c1-4-23-22(29)30-25-19-21(28)27(15-16(2)3)18-12-8-7-11-17(18)20(24-19)26-13-9-5-6-10-14-26/h7-8,11-12,16H,4-6,9-10,13-15H2,1-3H3,(H,23,29)/b25-19+. The molecule has 3 rings (SSSR count). The van der Waals surface area contributed by atoms with Crippen molar-refractivity contribution in [2.24, 2.45) is 11.1 Å². The number of hydrogen-bond acceptors (Lipinski definition) is 6. The van der Waals surface area contributed by atoms with Crippen LogP contribution in [0.5, 0.6) is 0 Å². The average Bonchev–Trinajstić information content (AvgIpc) is 3.06. The molecule has 1 N–H and O–H groups in total. The number of carbonyl (C=O) groups is 1. The largest absolute Gasteiger partial charge is 0.433 e. The molecule has 1 saturated heterocycles. The Labute approximate surface area is 176 Å². The quantitative estimate of drug-likeness (QED) is 0.601. The van der Waals surface area contributed by atoms with E-state index < -0.39 is 6.09 Å². The van der Waals surface area contributed by atoms with E-state index in [1.165, 1.54) is 12.8 Å². The van der Waals surface area contributed by atoms with E-state index in [2.05, 4.69) is 34.2 Å². The summed E-state index contributed by atoms with van der Waals surface area (Å²) in [5, 5.41) is 7.26. The van der Waals surface area contributed by atoms with Crippen molar-refractivity contribution in [3.63, 3.8) is 0 Å². The van der Waals surface area contributed by atoms with Crippen molar-refractivity contribution >= 4 is 22.8 Å². The topological polar surface area (TPSA) is 88.8 Å². The van der Waals surface area contributed by atoms with E-state index in [9.17, 15) is 9.59 Å². The summed E-state index contributed by atoms with van der Waals surface area (Å²) in [5.74, 6) is 0.956. The highest BCUT2D eigenvalue weighted by Crippen LogP contribution is 2.24. The number of fused-ring (bicyclic) bond motifs is 1. The molecule has 1 fully saturated rings. The number of amides is 1. The van der Waals surface area contributed by atoms with Crippen LogP contribution < -0.4 is 21.3 Å². The van der Waals surface area contributed by atoms with Crippen LogP contribution >= 0.6 is 0 Å². The summed E-state index contributed by atoms with van der Waals surface area (Å²) >= 11 is 0. The van der Waals surface area contributed by atoms with E-state index in [1.54, 1.807) is 11.5 Å². The Morgan fingerprint density at radius 2 is 1.90 bits per heavy atom. The van der Waals surface area contributed by atoms with Gasteiger partial charge in [-0.2, -0.15) is 0 Å². The van der Waals surface area contributed by atoms with Gasteiger partial charge in [0.2, 0.25) is 0 Å². The molecule has 0 bridgehead atoms. The van der Waals surface area contributed by atoms with Crippen LogP contribution in [0.25, 0.3) is 10.9 Å². The molecule has 1 aromatic heterocycles. The summed E-state index contributed by atoms with van der Waals surface area (Å²) in [7, 11) is 0. The third kappa shape index (κ3) is 5.17. The van der Waals surface area contributed by atoms with Crippen LogP contribution in [0.2, 0.25) is 0 Å². The normalized spacial score (nSPS) is 15.3. The molecule has 2 heterocycles. The number of rotatable bonds is 5. The predicted molar refractivity (Wildman–Crippen MR) is 117 cm³/mol. The molecular weight excluding hydrogens is 382 g/mol. The Hall–Kier alpha value is -2.90. The number of para-hydroxylation sites is 1. The Morgan fingerprint density at radius 1 is 1.20 bits per heavy atom. The van der Waals surface area contributed by atoms with Gasteiger partial charge in [0.05, 0.1) is 5.52 Å². The maximum atomic E-state index is 13.4. The number of hydrogen-bond donors (Lipinski definition) is 1. The maximum absolute atomic E-state index is 13.4. The van der Waals surface area contributed by atoms with Gasteiger partial charge in [0.1, 0.15) is 5.82 Å². The fourth-order valence-electron chi connectivity index (χ4n) is 3.73. The number of anilines is 1. The Bertz CT molecular complexity index is 1010. The lowest BCUT2D eigenvalue weighted by Crippen LogP contribution is -2.37. The number of carbonyl (C=O) groups excluding carboxylic acids is 1. The van der Waals surface area contributed by atoms with Crippen molar-refractivity contribution in [2.75, 3.05) is 24.5 Å². The zero-order chi connectivity index (χ0) is 21.5. The summed E-state index contributed by atoms with van der Waals surface area (Å²) < 4.78 is 1.69. The Morgan fingerprint density at radius 3 is 2.57 bits per heavy atom. The van der Waals surface area contributed by atoms with Gasteiger partial charge in [0.25, 0.3) is 11.0 Å². The Kier molecular flexibility index (Phi) is 7.43. The first-order chi connectivity index (χ1) is 14.5. The summed E-state index contributed by atoms with van der Waals surface area (Å²) in [6.45, 7) is 8.55. The molecule has 1 aromatic carbocycles. The van der Waals surface area contributed by atoms with E-state index in [0.717, 1.165) is 36.8 Å². The van der Waals surface area contributed by atoms with Gasteiger partial charge in [-0.05, 0) is 43.0 Å². The van der Waals surface area contributed by atoms with Gasteiger partial charge in [-0.15, -0.1) is 0 Å². The Balaban J connectivity index is 2.28. The van der Waals surface area contributed by atoms with Crippen molar-refractivity contribution in [2.45, 2.75) is 53.0 Å². The second-order valence-corrected chi connectivity index (χ2v) is 7.99. The van der Waals surface area contributed by atoms with Crippen molar-refractivity contribution in [1.29, 1.82) is 0 Å². The summed E-state index contributed by atoms with van der Waals surface area (Å²) in [5.41, 5.74) is 0.324. The van der Waals surface area contributed by atoms with Crippen molar-refractivity contribution in [3.8, 4) is 0 Å². The SMILES string of the molecule is CCNC(=O)O/N=c1/nc(N2CCCCCC2)c2ccccc2n(CC(C)C)c1=O. The minimum absolute atomic E-state index is 0.114. The molecule has 30 heavy (non-hydrogen) atoms. The molecule has 1 aliphatic heterocycles. The van der Waals surface area contributed by atoms with E-state index >= 15 is 0 Å². The van der Waals surface area contributed by atoms with E-state index in [4.69, 9.17) is 4.84 Å². The molecule has 0 unspecified atom stereocenters. The summed E-state index contributed by atoms with van der Waals surface area (Å²) in [6.07, 6.45) is 3.82. The maximum Gasteiger partial charge on any atom is 0.433 e. The summed E-state index contributed by atoms with van der Waals surface area (Å²) in [6, 6.07) is 7.81. The van der Waals surface area contributed by atoms with Crippen LogP contribution in [-0.4, -0.2) is 35.3 Å². The van der Waals surface area contributed by atoms with Crippen LogP contribution in [0, 0.1) is 5.92 Å². The van der Waals surface area contributed by atoms with Gasteiger partial charge in [0.15, 0.2) is 0 Å². The average molecular weight is 414 g/mol. The smallest absolute Gasteiger partial charge is 0.356 e. The lowest BCUT2D eigenvalue weighted by Gasteiger charge is -2.21. The van der Waals surface area contributed by atoms with Crippen LogP contribution in [0.3, 0.4) is 0 Å². The van der Waals surface area contributed by atoms with Crippen molar-refractivity contribution < 1.29 is 9.63 Å². The number of nitrogens with one attached hydrogen (secondary N) is 1. The molecule has 8 heteroatoms. The number of benzene rings is 1. The molecule has 0 saturated carbocycles. The van der Waals surface area contributed by atoms with E-state index in [-0.39, 0.29) is 17.0 Å². The number of nitrogens with zero attached hydrogens (tertiary/aromatic N) is 4. The van der Waals surface area contributed by atoms with Crippen LogP contribution in [0.15, 0.2) is 34.2 Å². The van der Waals surface area contributed by atoms with Crippen LogP contribution in [0.1, 0.15) is 46.5 Å². The van der Waals surface area contributed by atoms with Gasteiger partial charge < -0.3 is 14.8 Å². The highest BCUT2D eigenvalue weighted by atomic mass is 16.7. The van der Waals surface area contributed by atoms with Crippen LogP contribution in [-0.2, 0) is 11.4 Å². The fraction of sp³-hybridized carbons (Fsp3) is 0.545. The van der Waals surface area contributed by atoms with Gasteiger partial charge in [-0.25, -0.2) is 9.78 Å². The molecule has 0 aliphatic carbocycles. The molecular formula is C22H31N5O3. The highest BCUT2D eigenvalue weighted by molar-refractivity contribution is 5.89.